The van der Waals surface area contributed by atoms with E-state index >= 15 is 0 Å². The number of carbonyl (C=O) groups excluding carboxylic acids is 1. The lowest BCUT2D eigenvalue weighted by Gasteiger charge is -2.22. The molecular formula is C23H26N6O. The van der Waals surface area contributed by atoms with Crippen molar-refractivity contribution in [2.75, 3.05) is 6.54 Å². The van der Waals surface area contributed by atoms with Crippen LogP contribution < -0.4 is 0 Å². The van der Waals surface area contributed by atoms with E-state index in [1.807, 2.05) is 55.0 Å². The molecular weight excluding hydrogens is 376 g/mol. The zero-order valence-electron chi connectivity index (χ0n) is 18.0. The fraction of sp³-hybridized carbons (Fsp3) is 0.304. The Kier molecular flexibility index (Phi) is 5.11. The largest absolute Gasteiger partial charge is 0.337 e. The summed E-state index contributed by atoms with van der Waals surface area (Å²) in [5.74, 6) is 0.823. The van der Waals surface area contributed by atoms with E-state index < -0.39 is 0 Å². The number of pyridine rings is 1. The third-order valence-electron chi connectivity index (χ3n) is 5.66. The molecule has 30 heavy (non-hydrogen) atoms. The molecule has 3 heterocycles. The number of benzene rings is 1. The van der Waals surface area contributed by atoms with Gasteiger partial charge in [-0.05, 0) is 38.0 Å². The summed E-state index contributed by atoms with van der Waals surface area (Å²) in [7, 11) is 3.81. The number of aryl methyl sites for hydroxylation is 4. The zero-order chi connectivity index (χ0) is 21.4. The monoisotopic (exact) mass is 402 g/mol. The highest BCUT2D eigenvalue weighted by molar-refractivity contribution is 6.08. The predicted molar refractivity (Wildman–Crippen MR) is 117 cm³/mol. The summed E-state index contributed by atoms with van der Waals surface area (Å²) in [6.45, 7) is 7.14. The summed E-state index contributed by atoms with van der Waals surface area (Å²) in [6, 6.07) is 5.94. The number of imidazole rings is 1. The van der Waals surface area contributed by atoms with Crippen molar-refractivity contribution in [1.29, 1.82) is 0 Å². The Bertz CT molecular complexity index is 1240. The fourth-order valence-electron chi connectivity index (χ4n) is 3.63. The molecule has 7 heteroatoms. The van der Waals surface area contributed by atoms with Crippen molar-refractivity contribution in [3.8, 4) is 11.3 Å². The van der Waals surface area contributed by atoms with Crippen molar-refractivity contribution in [2.45, 2.75) is 27.3 Å². The van der Waals surface area contributed by atoms with Gasteiger partial charge >= 0.3 is 0 Å². The highest BCUT2D eigenvalue weighted by Gasteiger charge is 2.21. The van der Waals surface area contributed by atoms with Gasteiger partial charge in [0.15, 0.2) is 0 Å². The molecule has 0 atom stereocenters. The van der Waals surface area contributed by atoms with Crippen molar-refractivity contribution in [1.82, 2.24) is 29.2 Å². The summed E-state index contributed by atoms with van der Waals surface area (Å²) in [6.07, 6.45) is 7.34. The van der Waals surface area contributed by atoms with Crippen molar-refractivity contribution in [3.05, 3.63) is 65.5 Å². The molecule has 0 N–H and O–H groups in total. The minimum atomic E-state index is -0.0266. The maximum Gasteiger partial charge on any atom is 0.255 e. The summed E-state index contributed by atoms with van der Waals surface area (Å²) in [5, 5.41) is 5.14. The molecule has 4 rings (SSSR count). The first-order chi connectivity index (χ1) is 14.4. The molecule has 3 aromatic heterocycles. The number of hydrogen-bond acceptors (Lipinski definition) is 4. The molecule has 1 amide bonds. The Balaban J connectivity index is 1.86. The third kappa shape index (κ3) is 3.47. The molecule has 0 unspecified atom stereocenters. The van der Waals surface area contributed by atoms with Gasteiger partial charge in [0.1, 0.15) is 5.82 Å². The van der Waals surface area contributed by atoms with Crippen LogP contribution in [-0.4, -0.2) is 41.7 Å². The highest BCUT2D eigenvalue weighted by Crippen LogP contribution is 2.29. The standard InChI is InChI=1S/C23H26N6O/c1-6-29(14-21-24-9-10-27(21)4)23(30)19-11-20(17-12-25-28(5)13-17)26-22-16(3)15(2)7-8-18(19)22/h7-13H,6,14H2,1-5H3. The second-order valence-corrected chi connectivity index (χ2v) is 7.64. The first-order valence-corrected chi connectivity index (χ1v) is 10.0. The third-order valence-corrected chi connectivity index (χ3v) is 5.66. The molecule has 0 aliphatic carbocycles. The SMILES string of the molecule is CCN(Cc1nccn1C)C(=O)c1cc(-c2cnn(C)c2)nc2c(C)c(C)ccc12. The summed E-state index contributed by atoms with van der Waals surface area (Å²) in [5.41, 5.74) is 5.38. The van der Waals surface area contributed by atoms with Crippen LogP contribution in [0.2, 0.25) is 0 Å². The van der Waals surface area contributed by atoms with Crippen LogP contribution in [0.4, 0.5) is 0 Å². The molecule has 154 valence electrons. The van der Waals surface area contributed by atoms with E-state index in [2.05, 4.69) is 30.0 Å². The molecule has 0 fully saturated rings. The Morgan fingerprint density at radius 3 is 2.63 bits per heavy atom. The van der Waals surface area contributed by atoms with Crippen molar-refractivity contribution in [2.24, 2.45) is 14.1 Å². The maximum atomic E-state index is 13.7. The molecule has 0 aliphatic heterocycles. The van der Waals surface area contributed by atoms with Gasteiger partial charge in [0.2, 0.25) is 0 Å². The molecule has 0 aliphatic rings. The second kappa shape index (κ2) is 7.74. The maximum absolute atomic E-state index is 13.7. The van der Waals surface area contributed by atoms with E-state index in [1.165, 1.54) is 0 Å². The lowest BCUT2D eigenvalue weighted by atomic mass is 9.99. The first kappa shape index (κ1) is 19.8. The second-order valence-electron chi connectivity index (χ2n) is 7.64. The number of aromatic nitrogens is 5. The molecule has 1 aromatic carbocycles. The average Bonchev–Trinajstić information content (AvgIpc) is 3.35. The van der Waals surface area contributed by atoms with Crippen LogP contribution in [-0.2, 0) is 20.6 Å². The van der Waals surface area contributed by atoms with Crippen molar-refractivity contribution in [3.63, 3.8) is 0 Å². The lowest BCUT2D eigenvalue weighted by molar-refractivity contribution is 0.0749. The Morgan fingerprint density at radius 2 is 2.00 bits per heavy atom. The minimum Gasteiger partial charge on any atom is -0.337 e. The highest BCUT2D eigenvalue weighted by atomic mass is 16.2. The number of hydrogen-bond donors (Lipinski definition) is 0. The smallest absolute Gasteiger partial charge is 0.255 e. The molecule has 0 spiro atoms. The number of carbonyl (C=O) groups is 1. The minimum absolute atomic E-state index is 0.0266. The van der Waals surface area contributed by atoms with E-state index in [4.69, 9.17) is 4.98 Å². The molecule has 0 saturated heterocycles. The van der Waals surface area contributed by atoms with Gasteiger partial charge in [-0.15, -0.1) is 0 Å². The van der Waals surface area contributed by atoms with E-state index in [0.717, 1.165) is 39.1 Å². The van der Waals surface area contributed by atoms with Crippen molar-refractivity contribution >= 4 is 16.8 Å². The molecule has 0 radical (unpaired) electrons. The van der Waals surface area contributed by atoms with E-state index in [1.54, 1.807) is 17.1 Å². The van der Waals surface area contributed by atoms with Gasteiger partial charge < -0.3 is 9.47 Å². The van der Waals surface area contributed by atoms with E-state index in [9.17, 15) is 4.79 Å². The van der Waals surface area contributed by atoms with Gasteiger partial charge in [0.05, 0.1) is 29.5 Å². The van der Waals surface area contributed by atoms with Crippen LogP contribution in [0.1, 0.15) is 34.2 Å². The van der Waals surface area contributed by atoms with Crippen LogP contribution in [0.15, 0.2) is 43.0 Å². The average molecular weight is 403 g/mol. The molecule has 7 nitrogen and oxygen atoms in total. The van der Waals surface area contributed by atoms with Gasteiger partial charge in [-0.1, -0.05) is 12.1 Å². The molecule has 0 bridgehead atoms. The van der Waals surface area contributed by atoms with Crippen LogP contribution >= 0.6 is 0 Å². The normalized spacial score (nSPS) is 11.2. The number of fused-ring (bicyclic) bond motifs is 1. The van der Waals surface area contributed by atoms with Crippen LogP contribution in [0.25, 0.3) is 22.2 Å². The summed E-state index contributed by atoms with van der Waals surface area (Å²) < 4.78 is 3.68. The van der Waals surface area contributed by atoms with Gasteiger partial charge in [0.25, 0.3) is 5.91 Å². The summed E-state index contributed by atoms with van der Waals surface area (Å²) >= 11 is 0. The van der Waals surface area contributed by atoms with Crippen LogP contribution in [0, 0.1) is 13.8 Å². The zero-order valence-corrected chi connectivity index (χ0v) is 18.0. The Morgan fingerprint density at radius 1 is 1.20 bits per heavy atom. The fourth-order valence-corrected chi connectivity index (χ4v) is 3.63. The van der Waals surface area contributed by atoms with Gasteiger partial charge in [-0.25, -0.2) is 9.97 Å². The van der Waals surface area contributed by atoms with E-state index in [0.29, 0.717) is 18.7 Å². The molecule has 4 aromatic rings. The predicted octanol–water partition coefficient (Wildman–Crippen LogP) is 3.65. The van der Waals surface area contributed by atoms with Gasteiger partial charge in [-0.2, -0.15) is 5.10 Å². The van der Waals surface area contributed by atoms with Gasteiger partial charge in [0, 0.05) is 50.2 Å². The van der Waals surface area contributed by atoms with Gasteiger partial charge in [-0.3, -0.25) is 9.48 Å². The lowest BCUT2D eigenvalue weighted by Crippen LogP contribution is -2.31. The van der Waals surface area contributed by atoms with Crippen LogP contribution in [0.3, 0.4) is 0 Å². The van der Waals surface area contributed by atoms with Crippen LogP contribution in [0.5, 0.6) is 0 Å². The van der Waals surface area contributed by atoms with E-state index in [-0.39, 0.29) is 5.91 Å². The Labute approximate surface area is 176 Å². The number of rotatable bonds is 5. The first-order valence-electron chi connectivity index (χ1n) is 10.0. The number of nitrogens with zero attached hydrogens (tertiary/aromatic N) is 6. The summed E-state index contributed by atoms with van der Waals surface area (Å²) in [4.78, 5) is 24.7. The number of amides is 1. The Hall–Kier alpha value is -3.48. The molecule has 0 saturated carbocycles. The topological polar surface area (TPSA) is 68.8 Å². The quantitative estimate of drug-likeness (QED) is 0.511. The van der Waals surface area contributed by atoms with Crippen molar-refractivity contribution < 1.29 is 4.79 Å².